The summed E-state index contributed by atoms with van der Waals surface area (Å²) in [6, 6.07) is 9.77. The van der Waals surface area contributed by atoms with Crippen LogP contribution in [0.4, 0.5) is 10.5 Å². The van der Waals surface area contributed by atoms with Gasteiger partial charge in [0.15, 0.2) is 0 Å². The van der Waals surface area contributed by atoms with E-state index < -0.39 is 22.0 Å². The highest BCUT2D eigenvalue weighted by Crippen LogP contribution is 2.35. The average molecular weight is 583 g/mol. The molecule has 210 valence electrons. The molecule has 0 unspecified atom stereocenters. The summed E-state index contributed by atoms with van der Waals surface area (Å²) in [6.45, 7) is 1.08. The Labute approximate surface area is 229 Å². The summed E-state index contributed by atoms with van der Waals surface area (Å²) in [7, 11) is -2.21. The molecule has 15 heteroatoms. The molecule has 0 bridgehead atoms. The van der Waals surface area contributed by atoms with Gasteiger partial charge < -0.3 is 30.9 Å². The standard InChI is InChI=1S/C21H19ClN4O4.C2H4O2.CH4O3S/c1-29-19-10-17-13(9-14(19)20(23)27)18(6-7-24-17)30-12-4-5-16(15(22)8-12)26-21(28)25-11-2-3-11;1-2(3)4;1-5(2,3)4/h4-11H,2-3H2,1H3,(H2,23,27)(H2,25,26,28);1H3,(H,3,4);1H3,(H,2,3,4). The molecule has 0 radical (unpaired) electrons. The number of halogens is 1. The maximum absolute atomic E-state index is 11.9. The van der Waals surface area contributed by atoms with Gasteiger partial charge in [-0.25, -0.2) is 4.79 Å². The normalized spacial score (nSPS) is 12.1. The number of urea groups is 1. The number of aliphatic carboxylic acids is 1. The minimum Gasteiger partial charge on any atom is -0.496 e. The van der Waals surface area contributed by atoms with Crippen LogP contribution in [-0.2, 0) is 14.9 Å². The van der Waals surface area contributed by atoms with E-state index in [9.17, 15) is 18.0 Å². The van der Waals surface area contributed by atoms with E-state index in [1.54, 1.807) is 42.6 Å². The number of hydrogen-bond donors (Lipinski definition) is 5. The van der Waals surface area contributed by atoms with E-state index in [4.69, 9.17) is 41.3 Å². The predicted molar refractivity (Wildman–Crippen MR) is 144 cm³/mol. The second-order valence-corrected chi connectivity index (χ2v) is 9.98. The molecule has 6 N–H and O–H groups in total. The van der Waals surface area contributed by atoms with Gasteiger partial charge >= 0.3 is 6.03 Å². The Morgan fingerprint density at radius 2 is 1.74 bits per heavy atom. The first-order valence-corrected chi connectivity index (χ1v) is 13.3. The van der Waals surface area contributed by atoms with E-state index in [1.807, 2.05) is 0 Å². The van der Waals surface area contributed by atoms with Crippen LogP contribution in [0.3, 0.4) is 0 Å². The fraction of sp³-hybridized carbons (Fsp3) is 0.250. The number of carboxylic acids is 1. The van der Waals surface area contributed by atoms with Gasteiger partial charge in [0.2, 0.25) is 0 Å². The van der Waals surface area contributed by atoms with Gasteiger partial charge in [-0.05, 0) is 37.1 Å². The van der Waals surface area contributed by atoms with Crippen LogP contribution in [0.1, 0.15) is 30.1 Å². The van der Waals surface area contributed by atoms with Crippen LogP contribution in [0.5, 0.6) is 17.2 Å². The van der Waals surface area contributed by atoms with Crippen molar-refractivity contribution in [3.63, 3.8) is 0 Å². The third kappa shape index (κ3) is 11.0. The molecule has 1 saturated carbocycles. The number of nitrogens with two attached hydrogens (primary N) is 1. The molecular formula is C24H27ClN4O9S. The van der Waals surface area contributed by atoms with E-state index in [0.717, 1.165) is 19.8 Å². The van der Waals surface area contributed by atoms with Gasteiger partial charge in [0, 0.05) is 36.7 Å². The maximum Gasteiger partial charge on any atom is 0.319 e. The summed E-state index contributed by atoms with van der Waals surface area (Å²) >= 11 is 6.30. The summed E-state index contributed by atoms with van der Waals surface area (Å²) in [4.78, 5) is 37.0. The van der Waals surface area contributed by atoms with Gasteiger partial charge in [-0.2, -0.15) is 8.42 Å². The molecule has 1 aliphatic rings. The molecule has 39 heavy (non-hydrogen) atoms. The first-order valence-electron chi connectivity index (χ1n) is 11.1. The summed E-state index contributed by atoms with van der Waals surface area (Å²) in [6.07, 6.45) is 4.29. The lowest BCUT2D eigenvalue weighted by Crippen LogP contribution is -2.30. The Hall–Kier alpha value is -4.14. The van der Waals surface area contributed by atoms with Gasteiger partial charge in [-0.1, -0.05) is 11.6 Å². The van der Waals surface area contributed by atoms with Gasteiger partial charge in [0.05, 0.1) is 35.2 Å². The molecule has 3 aromatic rings. The molecule has 0 atom stereocenters. The smallest absolute Gasteiger partial charge is 0.319 e. The lowest BCUT2D eigenvalue weighted by atomic mass is 10.1. The zero-order valence-corrected chi connectivity index (χ0v) is 22.7. The third-order valence-electron chi connectivity index (χ3n) is 4.62. The molecule has 0 spiro atoms. The van der Waals surface area contributed by atoms with Crippen molar-refractivity contribution in [1.82, 2.24) is 10.3 Å². The second-order valence-electron chi connectivity index (χ2n) is 8.11. The number of pyridine rings is 1. The number of aromatic nitrogens is 1. The molecular weight excluding hydrogens is 556 g/mol. The number of benzene rings is 2. The van der Waals surface area contributed by atoms with Crippen LogP contribution >= 0.6 is 11.6 Å². The van der Waals surface area contributed by atoms with Crippen LogP contribution in [0.15, 0.2) is 42.6 Å². The highest BCUT2D eigenvalue weighted by atomic mass is 35.5. The average Bonchev–Trinajstić information content (AvgIpc) is 3.62. The molecule has 1 heterocycles. The Balaban J connectivity index is 0.000000516. The van der Waals surface area contributed by atoms with Crippen molar-refractivity contribution < 1.29 is 41.9 Å². The monoisotopic (exact) mass is 582 g/mol. The van der Waals surface area contributed by atoms with Crippen LogP contribution in [0, 0.1) is 0 Å². The van der Waals surface area contributed by atoms with Gasteiger partial charge in [-0.3, -0.25) is 19.1 Å². The minimum atomic E-state index is -3.67. The summed E-state index contributed by atoms with van der Waals surface area (Å²) in [5, 5.41) is 13.9. The number of nitrogens with zero attached hydrogens (tertiary/aromatic N) is 1. The zero-order valence-electron chi connectivity index (χ0n) is 21.1. The number of anilines is 1. The maximum atomic E-state index is 11.9. The largest absolute Gasteiger partial charge is 0.496 e. The number of carbonyl (C=O) groups is 3. The van der Waals surface area contributed by atoms with E-state index in [1.165, 1.54) is 7.11 Å². The number of amides is 3. The van der Waals surface area contributed by atoms with Crippen molar-refractivity contribution in [2.24, 2.45) is 5.73 Å². The molecule has 2 aromatic carbocycles. The molecule has 1 aromatic heterocycles. The number of methoxy groups -OCH3 is 1. The summed E-state index contributed by atoms with van der Waals surface area (Å²) in [5.74, 6) is -0.195. The molecule has 1 aliphatic carbocycles. The van der Waals surface area contributed by atoms with Crippen LogP contribution in [-0.4, -0.2) is 60.4 Å². The van der Waals surface area contributed by atoms with Crippen molar-refractivity contribution in [3.05, 3.63) is 53.2 Å². The molecule has 0 aliphatic heterocycles. The molecule has 3 amide bonds. The Morgan fingerprint density at radius 1 is 1.13 bits per heavy atom. The van der Waals surface area contributed by atoms with Crippen molar-refractivity contribution in [3.8, 4) is 17.2 Å². The van der Waals surface area contributed by atoms with Crippen molar-refractivity contribution in [2.45, 2.75) is 25.8 Å². The number of nitrogens with one attached hydrogen (secondary N) is 2. The number of ether oxygens (including phenoxy) is 2. The second kappa shape index (κ2) is 13.6. The molecule has 0 saturated heterocycles. The lowest BCUT2D eigenvalue weighted by Gasteiger charge is -2.13. The first-order chi connectivity index (χ1) is 18.2. The Kier molecular flexibility index (Phi) is 10.8. The van der Waals surface area contributed by atoms with Gasteiger partial charge in [-0.15, -0.1) is 0 Å². The highest BCUT2D eigenvalue weighted by Gasteiger charge is 2.23. The third-order valence-corrected chi connectivity index (χ3v) is 4.93. The number of carboxylic acid groups (broad SMARTS) is 1. The SMILES string of the molecule is CC(=O)O.COc1cc2nccc(Oc3ccc(NC(=O)NC4CC4)c(Cl)c3)c2cc1C(N)=O.CS(=O)(=O)O. The van der Waals surface area contributed by atoms with Crippen molar-refractivity contribution in [2.75, 3.05) is 18.7 Å². The Morgan fingerprint density at radius 3 is 2.26 bits per heavy atom. The number of rotatable bonds is 6. The number of carbonyl (C=O) groups excluding carboxylic acids is 2. The Bertz CT molecular complexity index is 1470. The van der Waals surface area contributed by atoms with Crippen molar-refractivity contribution >= 4 is 56.2 Å². The highest BCUT2D eigenvalue weighted by molar-refractivity contribution is 7.85. The summed E-state index contributed by atoms with van der Waals surface area (Å²) < 4.78 is 37.1. The topological polar surface area (TPSA) is 207 Å². The number of fused-ring (bicyclic) bond motifs is 1. The van der Waals surface area contributed by atoms with E-state index in [0.29, 0.717) is 45.1 Å². The van der Waals surface area contributed by atoms with Gasteiger partial charge in [0.1, 0.15) is 17.2 Å². The zero-order chi connectivity index (χ0) is 29.3. The first kappa shape index (κ1) is 31.1. The van der Waals surface area contributed by atoms with E-state index >= 15 is 0 Å². The fourth-order valence-electron chi connectivity index (χ4n) is 2.96. The lowest BCUT2D eigenvalue weighted by molar-refractivity contribution is -0.134. The fourth-order valence-corrected chi connectivity index (χ4v) is 3.18. The van der Waals surface area contributed by atoms with Crippen LogP contribution < -0.4 is 25.8 Å². The van der Waals surface area contributed by atoms with Gasteiger partial charge in [0.25, 0.3) is 22.0 Å². The minimum absolute atomic E-state index is 0.224. The van der Waals surface area contributed by atoms with E-state index in [2.05, 4.69) is 15.6 Å². The van der Waals surface area contributed by atoms with Crippen LogP contribution in [0.25, 0.3) is 10.9 Å². The summed E-state index contributed by atoms with van der Waals surface area (Å²) in [5.41, 5.74) is 6.73. The molecule has 13 nitrogen and oxygen atoms in total. The van der Waals surface area contributed by atoms with E-state index in [-0.39, 0.29) is 17.6 Å². The number of primary amides is 1. The predicted octanol–water partition coefficient (Wildman–Crippen LogP) is 3.67. The molecule has 1 fully saturated rings. The molecule has 4 rings (SSSR count). The number of hydrogen-bond acceptors (Lipinski definition) is 8. The quantitative estimate of drug-likeness (QED) is 0.266. The van der Waals surface area contributed by atoms with Crippen LogP contribution in [0.2, 0.25) is 5.02 Å². The van der Waals surface area contributed by atoms with Crippen molar-refractivity contribution in [1.29, 1.82) is 0 Å².